The summed E-state index contributed by atoms with van der Waals surface area (Å²) in [6.07, 6.45) is 0.247. The van der Waals surface area contributed by atoms with Crippen LogP contribution in [0.3, 0.4) is 0 Å². The molecule has 0 radical (unpaired) electrons. The quantitative estimate of drug-likeness (QED) is 0.799. The number of rotatable bonds is 3. The zero-order valence-electron chi connectivity index (χ0n) is 17.3. The van der Waals surface area contributed by atoms with Crippen LogP contribution in [0.25, 0.3) is 11.3 Å². The average Bonchev–Trinajstić information content (AvgIpc) is 2.66. The molecule has 2 fully saturated rings. The molecule has 0 bridgehead atoms. The molecule has 160 valence electrons. The summed E-state index contributed by atoms with van der Waals surface area (Å²) in [6.45, 7) is 4.63. The van der Waals surface area contributed by atoms with Crippen molar-refractivity contribution >= 4 is 5.82 Å². The van der Waals surface area contributed by atoms with Crippen molar-refractivity contribution in [1.82, 2.24) is 15.1 Å². The van der Waals surface area contributed by atoms with E-state index in [2.05, 4.69) is 15.5 Å². The number of halogens is 1. The number of aryl methyl sites for hydroxylation is 1. The van der Waals surface area contributed by atoms with E-state index in [1.807, 2.05) is 31.0 Å². The zero-order valence-corrected chi connectivity index (χ0v) is 17.3. The van der Waals surface area contributed by atoms with Gasteiger partial charge in [0.25, 0.3) is 0 Å². The Kier molecular flexibility index (Phi) is 4.88. The highest BCUT2D eigenvalue weighted by Crippen LogP contribution is 2.41. The van der Waals surface area contributed by atoms with Crippen LogP contribution in [0.1, 0.15) is 23.1 Å². The van der Waals surface area contributed by atoms with Crippen molar-refractivity contribution in [2.24, 2.45) is 0 Å². The summed E-state index contributed by atoms with van der Waals surface area (Å²) in [5, 5.41) is 22.9. The Morgan fingerprint density at radius 2 is 2.07 bits per heavy atom. The molecule has 2 N–H and O–H groups in total. The first-order valence-electron chi connectivity index (χ1n) is 10.4. The van der Waals surface area contributed by atoms with Gasteiger partial charge in [0.05, 0.1) is 19.8 Å². The number of aromatic nitrogens is 2. The lowest BCUT2D eigenvalue weighted by Crippen LogP contribution is -2.55. The van der Waals surface area contributed by atoms with E-state index < -0.39 is 6.17 Å². The third-order valence-electron chi connectivity index (χ3n) is 6.27. The topological polar surface area (TPSA) is 79.7 Å². The van der Waals surface area contributed by atoms with Crippen LogP contribution in [-0.4, -0.2) is 71.4 Å². The largest absolute Gasteiger partial charge is 0.507 e. The Bertz CT molecular complexity index is 956. The number of anilines is 1. The van der Waals surface area contributed by atoms with Crippen molar-refractivity contribution in [3.05, 3.63) is 34.9 Å². The number of ether oxygens (including phenoxy) is 2. The molecule has 5 rings (SSSR count). The summed E-state index contributed by atoms with van der Waals surface area (Å²) < 4.78 is 25.7. The number of hydrogen-bond donors (Lipinski definition) is 2. The molecule has 0 aliphatic carbocycles. The number of nitrogens with one attached hydrogen (secondary N) is 1. The number of fused-ring (bicyclic) bond motifs is 1. The zero-order chi connectivity index (χ0) is 20.9. The molecule has 7 nitrogen and oxygen atoms in total. The van der Waals surface area contributed by atoms with Crippen LogP contribution in [0.5, 0.6) is 5.75 Å². The number of likely N-dealkylation sites (N-methyl/N-ethyl adjacent to an activating group) is 1. The SMILES string of the molecule is Cc1ccc(-c2nnc(N[C@@H]3C[C@@H](F)CN(C)C3)c3c2COC2(COC2)C3)c(O)c1. The number of benzene rings is 1. The average molecular weight is 414 g/mol. The highest BCUT2D eigenvalue weighted by molar-refractivity contribution is 5.73. The van der Waals surface area contributed by atoms with E-state index in [1.165, 1.54) is 0 Å². The second-order valence-corrected chi connectivity index (χ2v) is 8.91. The van der Waals surface area contributed by atoms with Crippen LogP contribution < -0.4 is 5.32 Å². The number of hydrogen-bond acceptors (Lipinski definition) is 7. The third-order valence-corrected chi connectivity index (χ3v) is 6.27. The molecular weight excluding hydrogens is 387 g/mol. The van der Waals surface area contributed by atoms with Gasteiger partial charge in [-0.1, -0.05) is 6.07 Å². The molecule has 2 aromatic rings. The van der Waals surface area contributed by atoms with Crippen LogP contribution >= 0.6 is 0 Å². The van der Waals surface area contributed by atoms with E-state index in [0.29, 0.717) is 56.3 Å². The molecule has 1 aromatic heterocycles. The second-order valence-electron chi connectivity index (χ2n) is 8.91. The maximum absolute atomic E-state index is 14.1. The van der Waals surface area contributed by atoms with Gasteiger partial charge in [-0.25, -0.2) is 4.39 Å². The van der Waals surface area contributed by atoms with Crippen LogP contribution in [0.2, 0.25) is 0 Å². The summed E-state index contributed by atoms with van der Waals surface area (Å²) in [5.41, 5.74) is 3.86. The molecule has 1 spiro atoms. The van der Waals surface area contributed by atoms with Crippen LogP contribution in [0, 0.1) is 6.92 Å². The van der Waals surface area contributed by atoms with E-state index in [9.17, 15) is 9.50 Å². The Balaban J connectivity index is 1.53. The van der Waals surface area contributed by atoms with Gasteiger partial charge < -0.3 is 24.8 Å². The fourth-order valence-electron chi connectivity index (χ4n) is 4.69. The number of piperidine rings is 1. The normalized spacial score (nSPS) is 25.6. The van der Waals surface area contributed by atoms with E-state index in [0.717, 1.165) is 23.2 Å². The minimum absolute atomic E-state index is 0.0350. The molecule has 1 aromatic carbocycles. The molecule has 3 aliphatic heterocycles. The summed E-state index contributed by atoms with van der Waals surface area (Å²) >= 11 is 0. The monoisotopic (exact) mass is 414 g/mol. The molecule has 8 heteroatoms. The molecule has 4 heterocycles. The first kappa shape index (κ1) is 19.7. The predicted molar refractivity (Wildman–Crippen MR) is 110 cm³/mol. The van der Waals surface area contributed by atoms with Gasteiger partial charge in [-0.2, -0.15) is 0 Å². The minimum atomic E-state index is -0.858. The fraction of sp³-hybridized carbons (Fsp3) is 0.545. The van der Waals surface area contributed by atoms with Gasteiger partial charge in [-0.3, -0.25) is 0 Å². The van der Waals surface area contributed by atoms with E-state index in [4.69, 9.17) is 9.47 Å². The summed E-state index contributed by atoms with van der Waals surface area (Å²) in [5.74, 6) is 0.857. The van der Waals surface area contributed by atoms with Gasteiger partial charge in [-0.15, -0.1) is 10.2 Å². The summed E-state index contributed by atoms with van der Waals surface area (Å²) in [6, 6.07) is 5.49. The number of alkyl halides is 1. The number of phenols is 1. The van der Waals surface area contributed by atoms with Crippen molar-refractivity contribution in [3.8, 4) is 17.0 Å². The number of nitrogens with zero attached hydrogens (tertiary/aromatic N) is 3. The molecular formula is C22H27FN4O3. The first-order chi connectivity index (χ1) is 14.4. The lowest BCUT2D eigenvalue weighted by atomic mass is 9.86. The van der Waals surface area contributed by atoms with E-state index in [1.54, 1.807) is 6.07 Å². The van der Waals surface area contributed by atoms with Crippen molar-refractivity contribution in [2.75, 3.05) is 38.7 Å². The lowest BCUT2D eigenvalue weighted by molar-refractivity contribution is -0.220. The van der Waals surface area contributed by atoms with Gasteiger partial charge in [0, 0.05) is 48.7 Å². The van der Waals surface area contributed by atoms with Crippen LogP contribution in [0.15, 0.2) is 18.2 Å². The van der Waals surface area contributed by atoms with Crippen molar-refractivity contribution < 1.29 is 19.0 Å². The van der Waals surface area contributed by atoms with Gasteiger partial charge in [0.1, 0.15) is 23.2 Å². The maximum Gasteiger partial charge on any atom is 0.152 e. The molecule has 3 aliphatic rings. The first-order valence-corrected chi connectivity index (χ1v) is 10.4. The van der Waals surface area contributed by atoms with Crippen molar-refractivity contribution in [3.63, 3.8) is 0 Å². The summed E-state index contributed by atoms with van der Waals surface area (Å²) in [7, 11) is 1.93. The molecule has 0 saturated carbocycles. The second kappa shape index (κ2) is 7.44. The van der Waals surface area contributed by atoms with Crippen LogP contribution in [-0.2, 0) is 22.5 Å². The molecule has 2 saturated heterocycles. The standard InChI is InChI=1S/C22H27FN4O3/c1-13-3-4-16(19(28)5-13)20-18-10-30-22(11-29-12-22)7-17(18)21(26-25-20)24-15-6-14(23)8-27(2)9-15/h3-5,14-15,28H,6-12H2,1-2H3,(H,24,26)/t14-,15-/m1/s1. The highest BCUT2D eigenvalue weighted by Gasteiger charge is 2.45. The Morgan fingerprint density at radius 1 is 1.23 bits per heavy atom. The maximum atomic E-state index is 14.1. The van der Waals surface area contributed by atoms with Gasteiger partial charge >= 0.3 is 0 Å². The van der Waals surface area contributed by atoms with E-state index >= 15 is 0 Å². The Morgan fingerprint density at radius 3 is 2.77 bits per heavy atom. The van der Waals surface area contributed by atoms with Gasteiger partial charge in [0.15, 0.2) is 5.82 Å². The third kappa shape index (κ3) is 3.53. The Hall–Kier alpha value is -2.29. The minimum Gasteiger partial charge on any atom is -0.507 e. The van der Waals surface area contributed by atoms with Crippen molar-refractivity contribution in [2.45, 2.75) is 44.2 Å². The highest BCUT2D eigenvalue weighted by atomic mass is 19.1. The predicted octanol–water partition coefficient (Wildman–Crippen LogP) is 2.45. The lowest BCUT2D eigenvalue weighted by Gasteiger charge is -2.45. The Labute approximate surface area is 175 Å². The van der Waals surface area contributed by atoms with Gasteiger partial charge in [0.2, 0.25) is 0 Å². The van der Waals surface area contributed by atoms with Crippen LogP contribution in [0.4, 0.5) is 10.2 Å². The fourth-order valence-corrected chi connectivity index (χ4v) is 4.69. The van der Waals surface area contributed by atoms with E-state index in [-0.39, 0.29) is 17.4 Å². The van der Waals surface area contributed by atoms with Crippen molar-refractivity contribution in [1.29, 1.82) is 0 Å². The smallest absolute Gasteiger partial charge is 0.152 e. The molecule has 0 unspecified atom stereocenters. The summed E-state index contributed by atoms with van der Waals surface area (Å²) in [4.78, 5) is 1.99. The number of phenolic OH excluding ortho intramolecular Hbond substituents is 1. The molecule has 0 amide bonds. The number of likely N-dealkylation sites (tertiary alicyclic amines) is 1. The molecule has 30 heavy (non-hydrogen) atoms. The molecule has 2 atom stereocenters. The number of aromatic hydroxyl groups is 1. The van der Waals surface area contributed by atoms with Gasteiger partial charge in [-0.05, 0) is 31.7 Å².